The van der Waals surface area contributed by atoms with Gasteiger partial charge in [-0.3, -0.25) is 9.59 Å². The maximum absolute atomic E-state index is 12.5. The van der Waals surface area contributed by atoms with Gasteiger partial charge in [0.2, 0.25) is 0 Å². The van der Waals surface area contributed by atoms with Crippen LogP contribution < -0.4 is 9.47 Å². The molecule has 1 aliphatic rings. The zero-order valence-electron chi connectivity index (χ0n) is 13.4. The van der Waals surface area contributed by atoms with E-state index in [1.807, 2.05) is 30.3 Å². The molecular formula is C19H20O4. The van der Waals surface area contributed by atoms with E-state index in [0.717, 1.165) is 17.2 Å². The minimum absolute atomic E-state index is 0.0136. The molecule has 0 amide bonds. The first-order valence-corrected chi connectivity index (χ1v) is 7.89. The minimum atomic E-state index is -0.649. The van der Waals surface area contributed by atoms with Crippen molar-refractivity contribution in [2.75, 3.05) is 7.11 Å². The Balaban J connectivity index is 1.91. The third-order valence-electron chi connectivity index (χ3n) is 4.44. The fourth-order valence-electron chi connectivity index (χ4n) is 3.07. The van der Waals surface area contributed by atoms with Gasteiger partial charge in [-0.1, -0.05) is 31.2 Å². The standard InChI is InChI=1S/C19H20O4/c1-12-7-8-17(20)16(9-12)19(21)23-18-11-14(22-2)10-13-5-3-4-6-15(13)18/h3-6,10-12,16H,7-9H2,1-2H3. The number of Topliss-reactive ketones (excluding diaryl/α,β-unsaturated/α-hetero) is 1. The highest BCUT2D eigenvalue weighted by molar-refractivity contribution is 6.01. The average Bonchev–Trinajstić information content (AvgIpc) is 2.56. The maximum Gasteiger partial charge on any atom is 0.321 e. The van der Waals surface area contributed by atoms with Crippen LogP contribution in [0.4, 0.5) is 0 Å². The molecule has 120 valence electrons. The summed E-state index contributed by atoms with van der Waals surface area (Å²) in [6.07, 6.45) is 1.88. The molecule has 0 bridgehead atoms. The average molecular weight is 312 g/mol. The number of esters is 1. The monoisotopic (exact) mass is 312 g/mol. The van der Waals surface area contributed by atoms with E-state index in [1.54, 1.807) is 13.2 Å². The van der Waals surface area contributed by atoms with Crippen molar-refractivity contribution >= 4 is 22.5 Å². The van der Waals surface area contributed by atoms with Crippen LogP contribution in [0.25, 0.3) is 10.8 Å². The number of carbonyl (C=O) groups excluding carboxylic acids is 2. The SMILES string of the molecule is COc1cc(OC(=O)C2CC(C)CCC2=O)c2ccccc2c1. The Hall–Kier alpha value is -2.36. The van der Waals surface area contributed by atoms with Gasteiger partial charge < -0.3 is 9.47 Å². The van der Waals surface area contributed by atoms with Crippen molar-refractivity contribution in [3.63, 3.8) is 0 Å². The van der Waals surface area contributed by atoms with Crippen LogP contribution in [-0.4, -0.2) is 18.9 Å². The normalized spacial score (nSPS) is 21.2. The highest BCUT2D eigenvalue weighted by atomic mass is 16.5. The van der Waals surface area contributed by atoms with Gasteiger partial charge in [0.15, 0.2) is 0 Å². The van der Waals surface area contributed by atoms with Crippen LogP contribution in [0, 0.1) is 11.8 Å². The third-order valence-corrected chi connectivity index (χ3v) is 4.44. The molecule has 2 aromatic rings. The number of fused-ring (bicyclic) bond motifs is 1. The summed E-state index contributed by atoms with van der Waals surface area (Å²) in [5.74, 6) is 0.307. The van der Waals surface area contributed by atoms with Crippen molar-refractivity contribution in [1.29, 1.82) is 0 Å². The topological polar surface area (TPSA) is 52.6 Å². The number of methoxy groups -OCH3 is 1. The second-order valence-corrected chi connectivity index (χ2v) is 6.17. The molecular weight excluding hydrogens is 292 g/mol. The van der Waals surface area contributed by atoms with E-state index in [4.69, 9.17) is 9.47 Å². The van der Waals surface area contributed by atoms with Crippen molar-refractivity contribution in [3.8, 4) is 11.5 Å². The number of carbonyl (C=O) groups is 2. The summed E-state index contributed by atoms with van der Waals surface area (Å²) < 4.78 is 10.9. The van der Waals surface area contributed by atoms with E-state index in [2.05, 4.69) is 6.92 Å². The first-order chi connectivity index (χ1) is 11.1. The molecule has 2 aromatic carbocycles. The number of rotatable bonds is 3. The zero-order valence-corrected chi connectivity index (χ0v) is 13.4. The van der Waals surface area contributed by atoms with Crippen molar-refractivity contribution < 1.29 is 19.1 Å². The van der Waals surface area contributed by atoms with Crippen LogP contribution in [0.3, 0.4) is 0 Å². The lowest BCUT2D eigenvalue weighted by molar-refractivity contribution is -0.146. The van der Waals surface area contributed by atoms with E-state index >= 15 is 0 Å². The smallest absolute Gasteiger partial charge is 0.321 e. The summed E-state index contributed by atoms with van der Waals surface area (Å²) in [5, 5.41) is 1.76. The molecule has 23 heavy (non-hydrogen) atoms. The van der Waals surface area contributed by atoms with Crippen LogP contribution >= 0.6 is 0 Å². The predicted octanol–water partition coefficient (Wildman–Crippen LogP) is 3.76. The van der Waals surface area contributed by atoms with Gasteiger partial charge in [-0.2, -0.15) is 0 Å². The summed E-state index contributed by atoms with van der Waals surface area (Å²) in [7, 11) is 1.57. The third kappa shape index (κ3) is 3.21. The van der Waals surface area contributed by atoms with E-state index in [1.165, 1.54) is 0 Å². The molecule has 4 heteroatoms. The van der Waals surface area contributed by atoms with Crippen molar-refractivity contribution in [3.05, 3.63) is 36.4 Å². The molecule has 0 saturated heterocycles. The molecule has 3 rings (SSSR count). The molecule has 0 heterocycles. The van der Waals surface area contributed by atoms with E-state index < -0.39 is 11.9 Å². The molecule has 0 aromatic heterocycles. The molecule has 0 radical (unpaired) electrons. The first kappa shape index (κ1) is 15.5. The van der Waals surface area contributed by atoms with Gasteiger partial charge in [0.25, 0.3) is 0 Å². The zero-order chi connectivity index (χ0) is 16.4. The second-order valence-electron chi connectivity index (χ2n) is 6.17. The van der Waals surface area contributed by atoms with Crippen molar-refractivity contribution in [2.24, 2.45) is 11.8 Å². The second kappa shape index (κ2) is 6.41. The Kier molecular flexibility index (Phi) is 4.33. The summed E-state index contributed by atoms with van der Waals surface area (Å²) in [5.41, 5.74) is 0. The van der Waals surface area contributed by atoms with Crippen LogP contribution in [0.15, 0.2) is 36.4 Å². The first-order valence-electron chi connectivity index (χ1n) is 7.89. The van der Waals surface area contributed by atoms with Crippen LogP contribution in [0.2, 0.25) is 0 Å². The Labute approximate surface area is 135 Å². The molecule has 2 unspecified atom stereocenters. The number of ether oxygens (including phenoxy) is 2. The molecule has 0 N–H and O–H groups in total. The fraction of sp³-hybridized carbons (Fsp3) is 0.368. The van der Waals surface area contributed by atoms with Gasteiger partial charge >= 0.3 is 5.97 Å². The number of hydrogen-bond donors (Lipinski definition) is 0. The fourth-order valence-corrected chi connectivity index (χ4v) is 3.07. The Morgan fingerprint density at radius 1 is 1.22 bits per heavy atom. The molecule has 1 fully saturated rings. The summed E-state index contributed by atoms with van der Waals surface area (Å²) >= 11 is 0. The molecule has 2 atom stereocenters. The summed E-state index contributed by atoms with van der Waals surface area (Å²) in [6, 6.07) is 11.2. The summed E-state index contributed by atoms with van der Waals surface area (Å²) in [4.78, 5) is 24.5. The lowest BCUT2D eigenvalue weighted by Gasteiger charge is -2.24. The van der Waals surface area contributed by atoms with Gasteiger partial charge in [0.05, 0.1) is 7.11 Å². The van der Waals surface area contributed by atoms with Gasteiger partial charge in [-0.25, -0.2) is 0 Å². The largest absolute Gasteiger partial charge is 0.497 e. The van der Waals surface area contributed by atoms with E-state index in [-0.39, 0.29) is 5.78 Å². The van der Waals surface area contributed by atoms with Crippen LogP contribution in [-0.2, 0) is 9.59 Å². The lowest BCUT2D eigenvalue weighted by Crippen LogP contribution is -2.33. The van der Waals surface area contributed by atoms with Crippen LogP contribution in [0.5, 0.6) is 11.5 Å². The summed E-state index contributed by atoms with van der Waals surface area (Å²) in [6.45, 7) is 2.06. The minimum Gasteiger partial charge on any atom is -0.497 e. The van der Waals surface area contributed by atoms with Gasteiger partial charge in [0, 0.05) is 17.9 Å². The van der Waals surface area contributed by atoms with Gasteiger partial charge in [0.1, 0.15) is 23.2 Å². The van der Waals surface area contributed by atoms with Crippen molar-refractivity contribution in [2.45, 2.75) is 26.2 Å². The molecule has 1 saturated carbocycles. The van der Waals surface area contributed by atoms with Gasteiger partial charge in [-0.05, 0) is 30.2 Å². The molecule has 4 nitrogen and oxygen atoms in total. The van der Waals surface area contributed by atoms with E-state index in [0.29, 0.717) is 30.3 Å². The molecule has 1 aliphatic carbocycles. The lowest BCUT2D eigenvalue weighted by atomic mass is 9.81. The predicted molar refractivity (Wildman–Crippen MR) is 87.6 cm³/mol. The Bertz CT molecular complexity index is 750. The van der Waals surface area contributed by atoms with Gasteiger partial charge in [-0.15, -0.1) is 0 Å². The van der Waals surface area contributed by atoms with Crippen molar-refractivity contribution in [1.82, 2.24) is 0 Å². The highest BCUT2D eigenvalue weighted by Crippen LogP contribution is 2.33. The quantitative estimate of drug-likeness (QED) is 0.492. The molecule has 0 aliphatic heterocycles. The van der Waals surface area contributed by atoms with E-state index in [9.17, 15) is 9.59 Å². The maximum atomic E-state index is 12.5. The number of ketones is 1. The Morgan fingerprint density at radius 3 is 2.78 bits per heavy atom. The Morgan fingerprint density at radius 2 is 2.00 bits per heavy atom. The number of hydrogen-bond acceptors (Lipinski definition) is 4. The highest BCUT2D eigenvalue weighted by Gasteiger charge is 2.33. The number of benzene rings is 2. The van der Waals surface area contributed by atoms with Crippen LogP contribution in [0.1, 0.15) is 26.2 Å². The molecule has 0 spiro atoms.